The van der Waals surface area contributed by atoms with Crippen LogP contribution in [0.4, 0.5) is 4.79 Å². The Morgan fingerprint density at radius 2 is 2.09 bits per heavy atom. The van der Waals surface area contributed by atoms with Crippen molar-refractivity contribution in [2.45, 2.75) is 31.7 Å². The second kappa shape index (κ2) is 8.28. The fourth-order valence-corrected chi connectivity index (χ4v) is 3.80. The molecule has 0 unspecified atom stereocenters. The second-order valence-electron chi connectivity index (χ2n) is 5.93. The molecule has 0 aromatic heterocycles. The predicted octanol–water partition coefficient (Wildman–Crippen LogP) is 4.01. The Kier molecular flexibility index (Phi) is 6.37. The van der Waals surface area contributed by atoms with Crippen LogP contribution in [0, 0.1) is 0 Å². The third kappa shape index (κ3) is 4.54. The molecule has 1 fully saturated rings. The number of likely N-dealkylation sites (tertiary alicyclic amines) is 1. The van der Waals surface area contributed by atoms with Gasteiger partial charge < -0.3 is 9.80 Å². The zero-order valence-electron chi connectivity index (χ0n) is 13.6. The molecule has 3 nitrogen and oxygen atoms in total. The Hall–Kier alpha value is -1.42. The molecule has 0 radical (unpaired) electrons. The molecule has 4 heteroatoms. The van der Waals surface area contributed by atoms with Crippen molar-refractivity contribution < 1.29 is 4.79 Å². The van der Waals surface area contributed by atoms with Gasteiger partial charge in [0.1, 0.15) is 0 Å². The molecule has 120 valence electrons. The predicted molar refractivity (Wildman–Crippen MR) is 95.2 cm³/mol. The first-order valence-electron chi connectivity index (χ1n) is 7.93. The highest BCUT2D eigenvalue weighted by Gasteiger charge is 2.31. The van der Waals surface area contributed by atoms with Gasteiger partial charge in [0.05, 0.1) is 6.04 Å². The van der Waals surface area contributed by atoms with Gasteiger partial charge in [-0.1, -0.05) is 36.9 Å². The first-order chi connectivity index (χ1) is 10.6. The van der Waals surface area contributed by atoms with Crippen molar-refractivity contribution in [3.63, 3.8) is 0 Å². The minimum absolute atomic E-state index is 0.105. The van der Waals surface area contributed by atoms with E-state index in [1.54, 1.807) is 4.90 Å². The number of urea groups is 1. The summed E-state index contributed by atoms with van der Waals surface area (Å²) < 4.78 is 0. The van der Waals surface area contributed by atoms with E-state index in [2.05, 4.69) is 36.9 Å². The van der Waals surface area contributed by atoms with E-state index in [1.165, 1.54) is 5.56 Å². The molecule has 1 heterocycles. The maximum Gasteiger partial charge on any atom is 0.320 e. The lowest BCUT2D eigenvalue weighted by Gasteiger charge is -2.28. The Morgan fingerprint density at radius 3 is 2.77 bits per heavy atom. The van der Waals surface area contributed by atoms with Crippen molar-refractivity contribution in [3.05, 3.63) is 47.4 Å². The van der Waals surface area contributed by atoms with Gasteiger partial charge in [-0.15, -0.1) is 11.8 Å². The van der Waals surface area contributed by atoms with Crippen molar-refractivity contribution in [2.75, 3.05) is 26.4 Å². The average Bonchev–Trinajstić information content (AvgIpc) is 3.01. The van der Waals surface area contributed by atoms with Gasteiger partial charge in [-0.2, -0.15) is 0 Å². The van der Waals surface area contributed by atoms with Crippen LogP contribution in [0.2, 0.25) is 0 Å². The number of hydrogen-bond donors (Lipinski definition) is 0. The average molecular weight is 318 g/mol. The summed E-state index contributed by atoms with van der Waals surface area (Å²) in [5.74, 6) is 1.06. The third-order valence-corrected chi connectivity index (χ3v) is 5.13. The lowest BCUT2D eigenvalue weighted by molar-refractivity contribution is 0.173. The summed E-state index contributed by atoms with van der Waals surface area (Å²) in [7, 11) is 3.63. The first-order valence-corrected chi connectivity index (χ1v) is 8.91. The lowest BCUT2D eigenvalue weighted by Crippen LogP contribution is -2.42. The summed E-state index contributed by atoms with van der Waals surface area (Å²) in [6.07, 6.45) is 4.37. The number of carbonyl (C=O) groups excluding carboxylic acids is 1. The molecule has 1 aromatic carbocycles. The van der Waals surface area contributed by atoms with Gasteiger partial charge in [-0.3, -0.25) is 0 Å². The summed E-state index contributed by atoms with van der Waals surface area (Å²) in [4.78, 5) is 16.9. The van der Waals surface area contributed by atoms with E-state index in [0.29, 0.717) is 0 Å². The Labute approximate surface area is 138 Å². The summed E-state index contributed by atoms with van der Waals surface area (Å²) in [5, 5.41) is 0. The van der Waals surface area contributed by atoms with Crippen molar-refractivity contribution in [2.24, 2.45) is 0 Å². The lowest BCUT2D eigenvalue weighted by atomic mass is 10.1. The molecule has 1 atom stereocenters. The molecule has 1 aliphatic heterocycles. The molecule has 0 aliphatic carbocycles. The van der Waals surface area contributed by atoms with E-state index < -0.39 is 0 Å². The Bertz CT molecular complexity index is 501. The number of nitrogens with zero attached hydrogens (tertiary/aromatic N) is 2. The summed E-state index contributed by atoms with van der Waals surface area (Å²) in [6.45, 7) is 5.08. The highest BCUT2D eigenvalue weighted by Crippen LogP contribution is 2.30. The quantitative estimate of drug-likeness (QED) is 0.740. The van der Waals surface area contributed by atoms with Crippen molar-refractivity contribution in [1.29, 1.82) is 0 Å². The first kappa shape index (κ1) is 16.9. The number of rotatable bonds is 6. The van der Waals surface area contributed by atoms with E-state index in [4.69, 9.17) is 0 Å². The van der Waals surface area contributed by atoms with Crippen LogP contribution in [0.5, 0.6) is 0 Å². The van der Waals surface area contributed by atoms with Gasteiger partial charge in [-0.25, -0.2) is 4.79 Å². The van der Waals surface area contributed by atoms with Crippen LogP contribution in [0.3, 0.4) is 0 Å². The van der Waals surface area contributed by atoms with Crippen molar-refractivity contribution in [1.82, 2.24) is 9.80 Å². The zero-order chi connectivity index (χ0) is 15.9. The zero-order valence-corrected chi connectivity index (χ0v) is 14.4. The van der Waals surface area contributed by atoms with Crippen LogP contribution in [0.15, 0.2) is 41.8 Å². The summed E-state index contributed by atoms with van der Waals surface area (Å²) in [6, 6.07) is 10.9. The maximum absolute atomic E-state index is 12.2. The molecule has 0 N–H and O–H groups in total. The maximum atomic E-state index is 12.2. The standard InChI is InChI=1S/C18H26N2OS/c1-15(17-12-7-13-20(17)18(21)19(2)3)22-14-8-11-16-9-5-4-6-10-16/h4-6,9-10,17H,1,7-8,11-14H2,2-3H3/t17-/m0/s1. The smallest absolute Gasteiger partial charge is 0.320 e. The summed E-state index contributed by atoms with van der Waals surface area (Å²) >= 11 is 1.82. The number of aryl methyl sites for hydroxylation is 1. The topological polar surface area (TPSA) is 23.6 Å². The van der Waals surface area contributed by atoms with Gasteiger partial charge in [0.25, 0.3) is 0 Å². The second-order valence-corrected chi connectivity index (χ2v) is 7.15. The molecule has 1 saturated heterocycles. The molecule has 0 saturated carbocycles. The van der Waals surface area contributed by atoms with E-state index in [9.17, 15) is 4.79 Å². The number of benzene rings is 1. The van der Waals surface area contributed by atoms with Gasteiger partial charge in [0, 0.05) is 25.5 Å². The van der Waals surface area contributed by atoms with Crippen LogP contribution < -0.4 is 0 Å². The van der Waals surface area contributed by atoms with E-state index in [1.807, 2.05) is 30.8 Å². The minimum Gasteiger partial charge on any atom is -0.331 e. The number of thioether (sulfide) groups is 1. The monoisotopic (exact) mass is 318 g/mol. The number of carbonyl (C=O) groups is 1. The number of hydrogen-bond acceptors (Lipinski definition) is 2. The molecule has 0 spiro atoms. The van der Waals surface area contributed by atoms with Crippen LogP contribution in [-0.2, 0) is 6.42 Å². The van der Waals surface area contributed by atoms with Crippen LogP contribution in [0.1, 0.15) is 24.8 Å². The van der Waals surface area contributed by atoms with Crippen LogP contribution in [-0.4, -0.2) is 48.3 Å². The fourth-order valence-electron chi connectivity index (χ4n) is 2.81. The van der Waals surface area contributed by atoms with Crippen LogP contribution >= 0.6 is 11.8 Å². The normalized spacial score (nSPS) is 17.5. The highest BCUT2D eigenvalue weighted by atomic mass is 32.2. The molecule has 22 heavy (non-hydrogen) atoms. The minimum atomic E-state index is 0.105. The molecule has 2 amide bonds. The van der Waals surface area contributed by atoms with Crippen molar-refractivity contribution >= 4 is 17.8 Å². The molecule has 2 rings (SSSR count). The van der Waals surface area contributed by atoms with Gasteiger partial charge in [-0.05, 0) is 37.0 Å². The third-order valence-electron chi connectivity index (χ3n) is 3.99. The summed E-state index contributed by atoms with van der Waals surface area (Å²) in [5.41, 5.74) is 1.39. The fraction of sp³-hybridized carbons (Fsp3) is 0.500. The SMILES string of the molecule is C=C(SCCCc1ccccc1)[C@@H]1CCCN1C(=O)N(C)C. The van der Waals surface area contributed by atoms with Gasteiger partial charge in [0.2, 0.25) is 0 Å². The van der Waals surface area contributed by atoms with E-state index >= 15 is 0 Å². The highest BCUT2D eigenvalue weighted by molar-refractivity contribution is 8.03. The molecule has 0 bridgehead atoms. The largest absolute Gasteiger partial charge is 0.331 e. The molecule has 1 aromatic rings. The number of amides is 2. The molecule has 1 aliphatic rings. The van der Waals surface area contributed by atoms with Gasteiger partial charge >= 0.3 is 6.03 Å². The van der Waals surface area contributed by atoms with E-state index in [-0.39, 0.29) is 12.1 Å². The van der Waals surface area contributed by atoms with E-state index in [0.717, 1.165) is 42.9 Å². The Balaban J connectivity index is 1.76. The van der Waals surface area contributed by atoms with Crippen molar-refractivity contribution in [3.8, 4) is 0 Å². The molecular formula is C18H26N2OS. The van der Waals surface area contributed by atoms with Gasteiger partial charge in [0.15, 0.2) is 0 Å². The Morgan fingerprint density at radius 1 is 1.36 bits per heavy atom. The molecular weight excluding hydrogens is 292 g/mol. The van der Waals surface area contributed by atoms with Crippen LogP contribution in [0.25, 0.3) is 0 Å².